The lowest BCUT2D eigenvalue weighted by molar-refractivity contribution is 0.301. The van der Waals surface area contributed by atoms with E-state index in [0.29, 0.717) is 32.9 Å². The van der Waals surface area contributed by atoms with E-state index < -0.39 is 0 Å². The van der Waals surface area contributed by atoms with Crippen LogP contribution < -0.4 is 18.8 Å². The Balaban J connectivity index is 1.97. The SMILES string of the molecule is CCCCN(CCO)c1ccc2c(c1)Oc1cc(=C(C#N)C#N)sc1=N2. The summed E-state index contributed by atoms with van der Waals surface area (Å²) >= 11 is 1.27. The van der Waals surface area contributed by atoms with Crippen LogP contribution in [0.4, 0.5) is 11.4 Å². The quantitative estimate of drug-likeness (QED) is 0.724. The zero-order chi connectivity index (χ0) is 18.5. The van der Waals surface area contributed by atoms with E-state index in [1.54, 1.807) is 6.07 Å². The molecular formula is C19H18N4O2S. The number of hydrogen-bond donors (Lipinski definition) is 1. The van der Waals surface area contributed by atoms with E-state index >= 15 is 0 Å². The number of aliphatic hydroxyl groups is 1. The first-order valence-electron chi connectivity index (χ1n) is 8.41. The third kappa shape index (κ3) is 3.55. The highest BCUT2D eigenvalue weighted by Crippen LogP contribution is 2.37. The molecule has 0 saturated heterocycles. The van der Waals surface area contributed by atoms with Crippen molar-refractivity contribution in [2.45, 2.75) is 19.8 Å². The number of nitrogens with zero attached hydrogens (tertiary/aromatic N) is 4. The summed E-state index contributed by atoms with van der Waals surface area (Å²) < 4.78 is 7.18. The third-order valence-electron chi connectivity index (χ3n) is 4.05. The molecule has 3 rings (SSSR count). The number of hydrogen-bond acceptors (Lipinski definition) is 7. The van der Waals surface area contributed by atoms with Crippen molar-refractivity contribution in [3.8, 4) is 23.6 Å². The second kappa shape index (κ2) is 8.01. The van der Waals surface area contributed by atoms with E-state index in [9.17, 15) is 5.11 Å². The van der Waals surface area contributed by atoms with Gasteiger partial charge in [-0.25, -0.2) is 4.99 Å². The van der Waals surface area contributed by atoms with Gasteiger partial charge in [0.1, 0.15) is 23.4 Å². The lowest BCUT2D eigenvalue weighted by Gasteiger charge is -2.25. The number of unbranched alkanes of at least 4 members (excludes halogenated alkanes) is 1. The van der Waals surface area contributed by atoms with Crippen LogP contribution in [0, 0.1) is 22.7 Å². The zero-order valence-corrected chi connectivity index (χ0v) is 15.2. The van der Waals surface area contributed by atoms with Gasteiger partial charge in [0.25, 0.3) is 0 Å². The molecule has 6 nitrogen and oxygen atoms in total. The fraction of sp³-hybridized carbons (Fsp3) is 0.316. The van der Waals surface area contributed by atoms with Crippen LogP contribution in [0.5, 0.6) is 11.5 Å². The summed E-state index contributed by atoms with van der Waals surface area (Å²) in [6, 6.07) is 11.3. The minimum atomic E-state index is 0.0571. The molecule has 1 aromatic carbocycles. The summed E-state index contributed by atoms with van der Waals surface area (Å²) in [5, 5.41) is 27.4. The number of thiophene rings is 1. The molecule has 0 spiro atoms. The summed E-state index contributed by atoms with van der Waals surface area (Å²) in [7, 11) is 0. The third-order valence-corrected chi connectivity index (χ3v) is 5.08. The maximum atomic E-state index is 9.32. The molecule has 132 valence electrons. The molecule has 1 aliphatic heterocycles. The van der Waals surface area contributed by atoms with Gasteiger partial charge >= 0.3 is 0 Å². The minimum absolute atomic E-state index is 0.0571. The van der Waals surface area contributed by atoms with Crippen molar-refractivity contribution in [3.05, 3.63) is 33.5 Å². The summed E-state index contributed by atoms with van der Waals surface area (Å²) in [6.45, 7) is 3.65. The smallest absolute Gasteiger partial charge is 0.164 e. The first-order chi connectivity index (χ1) is 12.7. The van der Waals surface area contributed by atoms with Gasteiger partial charge < -0.3 is 14.7 Å². The summed E-state index contributed by atoms with van der Waals surface area (Å²) in [5.41, 5.74) is 1.74. The fourth-order valence-electron chi connectivity index (χ4n) is 2.72. The summed E-state index contributed by atoms with van der Waals surface area (Å²) in [6.07, 6.45) is 2.12. The lowest BCUT2D eigenvalue weighted by Crippen LogP contribution is -2.27. The lowest BCUT2D eigenvalue weighted by atomic mass is 10.2. The maximum Gasteiger partial charge on any atom is 0.164 e. The van der Waals surface area contributed by atoms with E-state index in [2.05, 4.69) is 16.8 Å². The van der Waals surface area contributed by atoms with Crippen molar-refractivity contribution < 1.29 is 9.84 Å². The molecule has 0 atom stereocenters. The highest BCUT2D eigenvalue weighted by Gasteiger charge is 2.17. The van der Waals surface area contributed by atoms with Crippen LogP contribution in [0.25, 0.3) is 5.57 Å². The number of anilines is 1. The van der Waals surface area contributed by atoms with E-state index in [1.165, 1.54) is 11.3 Å². The Hall–Kier alpha value is -2.87. The molecule has 2 heterocycles. The molecule has 0 aliphatic carbocycles. The molecule has 0 bridgehead atoms. The predicted molar refractivity (Wildman–Crippen MR) is 100 cm³/mol. The topological polar surface area (TPSA) is 92.6 Å². The van der Waals surface area contributed by atoms with Crippen LogP contribution in [0.15, 0.2) is 29.3 Å². The largest absolute Gasteiger partial charge is 0.452 e. The van der Waals surface area contributed by atoms with Crippen LogP contribution in [-0.2, 0) is 0 Å². The van der Waals surface area contributed by atoms with Gasteiger partial charge in [-0.3, -0.25) is 0 Å². The van der Waals surface area contributed by atoms with Crippen LogP contribution in [-0.4, -0.2) is 24.8 Å². The number of ether oxygens (including phenoxy) is 1. The van der Waals surface area contributed by atoms with Crippen molar-refractivity contribution in [1.29, 1.82) is 10.5 Å². The fourth-order valence-corrected chi connectivity index (χ4v) is 3.63. The highest BCUT2D eigenvalue weighted by molar-refractivity contribution is 7.07. The number of benzene rings is 1. The van der Waals surface area contributed by atoms with Gasteiger partial charge in [-0.1, -0.05) is 13.3 Å². The van der Waals surface area contributed by atoms with Gasteiger partial charge in [-0.15, -0.1) is 11.3 Å². The Bertz CT molecular complexity index is 998. The van der Waals surface area contributed by atoms with Crippen molar-refractivity contribution >= 4 is 28.3 Å². The van der Waals surface area contributed by atoms with Crippen LogP contribution in [0.3, 0.4) is 0 Å². The molecule has 0 saturated carbocycles. The predicted octanol–water partition coefficient (Wildman–Crippen LogP) is 2.60. The second-order valence-electron chi connectivity index (χ2n) is 5.81. The molecular weight excluding hydrogens is 348 g/mol. The monoisotopic (exact) mass is 366 g/mol. The highest BCUT2D eigenvalue weighted by atomic mass is 32.1. The minimum Gasteiger partial charge on any atom is -0.452 e. The molecule has 0 amide bonds. The number of nitriles is 2. The van der Waals surface area contributed by atoms with Gasteiger partial charge in [0.05, 0.1) is 11.1 Å². The van der Waals surface area contributed by atoms with Crippen molar-refractivity contribution in [2.24, 2.45) is 4.99 Å². The molecule has 26 heavy (non-hydrogen) atoms. The van der Waals surface area contributed by atoms with Gasteiger partial charge in [0.15, 0.2) is 16.2 Å². The van der Waals surface area contributed by atoms with Crippen LogP contribution >= 0.6 is 11.3 Å². The molecule has 1 aromatic heterocycles. The van der Waals surface area contributed by atoms with E-state index in [1.807, 2.05) is 30.3 Å². The Morgan fingerprint density at radius 1 is 1.23 bits per heavy atom. The maximum absolute atomic E-state index is 9.32. The van der Waals surface area contributed by atoms with Gasteiger partial charge in [-0.05, 0) is 18.6 Å². The van der Waals surface area contributed by atoms with Crippen LogP contribution in [0.2, 0.25) is 0 Å². The van der Waals surface area contributed by atoms with Crippen molar-refractivity contribution in [3.63, 3.8) is 0 Å². The molecule has 0 radical (unpaired) electrons. The first kappa shape index (κ1) is 17.9. The molecule has 1 aliphatic rings. The van der Waals surface area contributed by atoms with Gasteiger partial charge in [0, 0.05) is 30.9 Å². The number of rotatable bonds is 6. The normalized spacial score (nSPS) is 11.2. The van der Waals surface area contributed by atoms with E-state index in [-0.39, 0.29) is 12.2 Å². The molecule has 0 unspecified atom stereocenters. The number of aliphatic hydroxyl groups excluding tert-OH is 1. The van der Waals surface area contributed by atoms with E-state index in [4.69, 9.17) is 15.3 Å². The Morgan fingerprint density at radius 2 is 2.04 bits per heavy atom. The zero-order valence-electron chi connectivity index (χ0n) is 14.4. The number of fused-ring (bicyclic) bond motifs is 2. The van der Waals surface area contributed by atoms with Crippen molar-refractivity contribution in [2.75, 3.05) is 24.6 Å². The van der Waals surface area contributed by atoms with E-state index in [0.717, 1.165) is 25.1 Å². The van der Waals surface area contributed by atoms with Gasteiger partial charge in [0.2, 0.25) is 0 Å². The molecule has 0 fully saturated rings. The first-order valence-corrected chi connectivity index (χ1v) is 9.22. The van der Waals surface area contributed by atoms with Crippen LogP contribution in [0.1, 0.15) is 19.8 Å². The molecule has 1 N–H and O–H groups in total. The molecule has 7 heteroatoms. The Kier molecular flexibility index (Phi) is 5.52. The standard InChI is InChI=1S/C19H18N4O2S/c1-2-3-6-23(7-8-24)14-4-5-15-16(9-14)25-17-10-18(13(11-20)12-21)26-19(17)22-15/h4-5,9-10,24H,2-3,6-8H2,1H3. The average Bonchev–Trinajstić information content (AvgIpc) is 3.06. The molecule has 2 aromatic rings. The van der Waals surface area contributed by atoms with Gasteiger partial charge in [-0.2, -0.15) is 10.5 Å². The summed E-state index contributed by atoms with van der Waals surface area (Å²) in [5.74, 6) is 1.19. The van der Waals surface area contributed by atoms with Crippen molar-refractivity contribution in [1.82, 2.24) is 0 Å². The average molecular weight is 366 g/mol. The Morgan fingerprint density at radius 3 is 2.73 bits per heavy atom. The Labute approximate surface area is 155 Å². The second-order valence-corrected chi connectivity index (χ2v) is 6.84. The summed E-state index contributed by atoms with van der Waals surface area (Å²) in [4.78, 5) is 6.71.